The van der Waals surface area contributed by atoms with Gasteiger partial charge < -0.3 is 14.0 Å². The molecule has 0 saturated heterocycles. The molecule has 0 N–H and O–H groups in total. The predicted octanol–water partition coefficient (Wildman–Crippen LogP) is 9.08. The van der Waals surface area contributed by atoms with Crippen LogP contribution in [0.1, 0.15) is 34.2 Å². The molecule has 0 spiro atoms. The molecule has 4 aromatic carbocycles. The number of halogens is 2. The van der Waals surface area contributed by atoms with Crippen LogP contribution in [0.25, 0.3) is 34.5 Å². The van der Waals surface area contributed by atoms with E-state index < -0.39 is 0 Å². The second-order valence-corrected chi connectivity index (χ2v) is 10.1. The Morgan fingerprint density at radius 1 is 0.902 bits per heavy atom. The van der Waals surface area contributed by atoms with Crippen molar-refractivity contribution in [3.8, 4) is 28.1 Å². The minimum Gasteiger partial charge on any atom is -0.488 e. The van der Waals surface area contributed by atoms with Crippen molar-refractivity contribution >= 4 is 41.3 Å². The van der Waals surface area contributed by atoms with Gasteiger partial charge in [-0.3, -0.25) is 0 Å². The number of imidazole rings is 1. The van der Waals surface area contributed by atoms with Gasteiger partial charge in [-0.1, -0.05) is 77.8 Å². The number of esters is 1. The smallest absolute Gasteiger partial charge is 0.337 e. The Kier molecular flexibility index (Phi) is 8.88. The molecule has 0 bridgehead atoms. The molecular formula is C34H28Cl2N2O3. The Morgan fingerprint density at radius 3 is 2.39 bits per heavy atom. The lowest BCUT2D eigenvalue weighted by atomic mass is 9.98. The summed E-state index contributed by atoms with van der Waals surface area (Å²) in [6, 6.07) is 28.8. The summed E-state index contributed by atoms with van der Waals surface area (Å²) in [6.07, 6.45) is 6.03. The van der Waals surface area contributed by atoms with E-state index in [-0.39, 0.29) is 5.97 Å². The highest BCUT2D eigenvalue weighted by Crippen LogP contribution is 2.34. The molecule has 0 unspecified atom stereocenters. The number of aryl methyl sites for hydroxylation is 1. The first-order chi connectivity index (χ1) is 20.0. The monoisotopic (exact) mass is 582 g/mol. The van der Waals surface area contributed by atoms with Crippen LogP contribution in [-0.4, -0.2) is 22.6 Å². The molecule has 0 aliphatic rings. The van der Waals surface area contributed by atoms with Crippen molar-refractivity contribution in [2.75, 3.05) is 7.11 Å². The van der Waals surface area contributed by atoms with Crippen molar-refractivity contribution in [2.24, 2.45) is 0 Å². The van der Waals surface area contributed by atoms with E-state index >= 15 is 0 Å². The fourth-order valence-corrected chi connectivity index (χ4v) is 5.03. The second kappa shape index (κ2) is 12.9. The van der Waals surface area contributed by atoms with Gasteiger partial charge in [0.1, 0.15) is 18.2 Å². The molecule has 7 heteroatoms. The number of carbonyl (C=O) groups is 1. The largest absolute Gasteiger partial charge is 0.488 e. The summed E-state index contributed by atoms with van der Waals surface area (Å²) in [4.78, 5) is 16.7. The Labute approximate surface area is 249 Å². The van der Waals surface area contributed by atoms with Crippen LogP contribution in [0.3, 0.4) is 0 Å². The van der Waals surface area contributed by atoms with E-state index in [1.54, 1.807) is 18.2 Å². The van der Waals surface area contributed by atoms with Gasteiger partial charge in [-0.2, -0.15) is 0 Å². The number of methoxy groups -OCH3 is 1. The van der Waals surface area contributed by atoms with Crippen LogP contribution in [-0.2, 0) is 17.9 Å². The minimum atomic E-state index is -0.368. The molecule has 5 aromatic rings. The summed E-state index contributed by atoms with van der Waals surface area (Å²) in [6.45, 7) is 3.15. The van der Waals surface area contributed by atoms with Gasteiger partial charge in [0.05, 0.1) is 23.4 Å². The third-order valence-electron chi connectivity index (χ3n) is 6.67. The molecule has 0 saturated carbocycles. The number of benzene rings is 4. The first kappa shape index (κ1) is 28.2. The predicted molar refractivity (Wildman–Crippen MR) is 166 cm³/mol. The molecule has 0 aliphatic carbocycles. The molecule has 41 heavy (non-hydrogen) atoms. The molecule has 5 rings (SSSR count). The molecule has 0 radical (unpaired) electrons. The molecule has 1 heterocycles. The summed E-state index contributed by atoms with van der Waals surface area (Å²) in [5.41, 5.74) is 6.08. The first-order valence-electron chi connectivity index (χ1n) is 13.2. The quantitative estimate of drug-likeness (QED) is 0.163. The number of ether oxygens (including phenoxy) is 2. The van der Waals surface area contributed by atoms with Crippen LogP contribution in [0.2, 0.25) is 10.0 Å². The van der Waals surface area contributed by atoms with E-state index in [0.29, 0.717) is 22.2 Å². The van der Waals surface area contributed by atoms with Crippen LogP contribution in [0.4, 0.5) is 0 Å². The topological polar surface area (TPSA) is 53.4 Å². The van der Waals surface area contributed by atoms with Gasteiger partial charge in [-0.05, 0) is 72.2 Å². The average Bonchev–Trinajstić information content (AvgIpc) is 3.42. The third-order valence-corrected chi connectivity index (χ3v) is 7.22. The van der Waals surface area contributed by atoms with E-state index in [1.807, 2.05) is 72.9 Å². The van der Waals surface area contributed by atoms with E-state index in [4.69, 9.17) is 37.7 Å². The van der Waals surface area contributed by atoms with Crippen LogP contribution in [0, 0.1) is 0 Å². The summed E-state index contributed by atoms with van der Waals surface area (Å²) < 4.78 is 13.2. The molecule has 5 nitrogen and oxygen atoms in total. The molecule has 206 valence electrons. The van der Waals surface area contributed by atoms with Crippen LogP contribution >= 0.6 is 23.2 Å². The normalized spacial score (nSPS) is 11.1. The van der Waals surface area contributed by atoms with Crippen molar-refractivity contribution in [1.29, 1.82) is 0 Å². The summed E-state index contributed by atoms with van der Waals surface area (Å²) in [5, 5.41) is 1.14. The highest BCUT2D eigenvalue weighted by molar-refractivity contribution is 6.36. The number of carbonyl (C=O) groups excluding carboxylic acids is 1. The molecule has 0 amide bonds. The van der Waals surface area contributed by atoms with Crippen molar-refractivity contribution in [1.82, 2.24) is 9.55 Å². The summed E-state index contributed by atoms with van der Waals surface area (Å²) in [7, 11) is 1.37. The number of hydrogen-bond acceptors (Lipinski definition) is 4. The Bertz CT molecular complexity index is 1690. The number of rotatable bonds is 9. The van der Waals surface area contributed by atoms with Crippen molar-refractivity contribution in [3.63, 3.8) is 0 Å². The van der Waals surface area contributed by atoms with Crippen LogP contribution < -0.4 is 4.74 Å². The minimum absolute atomic E-state index is 0.337. The number of aromatic nitrogens is 2. The molecule has 0 atom stereocenters. The van der Waals surface area contributed by atoms with E-state index in [0.717, 1.165) is 51.6 Å². The Balaban J connectivity index is 1.49. The maximum absolute atomic E-state index is 11.8. The van der Waals surface area contributed by atoms with Crippen LogP contribution in [0.15, 0.2) is 97.2 Å². The van der Waals surface area contributed by atoms with E-state index in [9.17, 15) is 4.79 Å². The van der Waals surface area contributed by atoms with Crippen molar-refractivity contribution in [3.05, 3.63) is 130 Å². The lowest BCUT2D eigenvalue weighted by Gasteiger charge is -2.14. The zero-order chi connectivity index (χ0) is 28.8. The van der Waals surface area contributed by atoms with Crippen molar-refractivity contribution in [2.45, 2.75) is 20.1 Å². The Morgan fingerprint density at radius 2 is 1.68 bits per heavy atom. The fourth-order valence-electron chi connectivity index (χ4n) is 4.53. The average molecular weight is 584 g/mol. The zero-order valence-corrected chi connectivity index (χ0v) is 24.2. The highest BCUT2D eigenvalue weighted by Gasteiger charge is 2.13. The van der Waals surface area contributed by atoms with Gasteiger partial charge in [0.25, 0.3) is 0 Å². The molecule has 1 aromatic heterocycles. The maximum atomic E-state index is 11.8. The fraction of sp³-hybridized carbons (Fsp3) is 0.118. The third kappa shape index (κ3) is 6.54. The first-order valence-corrected chi connectivity index (χ1v) is 13.9. The molecule has 0 aliphatic heterocycles. The van der Waals surface area contributed by atoms with E-state index in [1.165, 1.54) is 7.11 Å². The zero-order valence-electron chi connectivity index (χ0n) is 22.7. The van der Waals surface area contributed by atoms with Gasteiger partial charge >= 0.3 is 5.97 Å². The van der Waals surface area contributed by atoms with Crippen molar-refractivity contribution < 1.29 is 14.3 Å². The standard InChI is InChI=1S/C34H28Cl2N2O3/c1-3-38-21-31(29-17-16-26(35)20-30(29)36)37-33(38)19-18-28-27(24-8-5-4-6-9-24)10-7-11-32(28)41-22-23-12-14-25(15-13-23)34(39)40-2/h4-21H,3,22H2,1-2H3/b19-18+. The van der Waals surface area contributed by atoms with Gasteiger partial charge in [0, 0.05) is 28.9 Å². The highest BCUT2D eigenvalue weighted by atomic mass is 35.5. The van der Waals surface area contributed by atoms with Gasteiger partial charge in [-0.15, -0.1) is 0 Å². The van der Waals surface area contributed by atoms with E-state index in [2.05, 4.69) is 29.7 Å². The lowest BCUT2D eigenvalue weighted by molar-refractivity contribution is 0.0600. The number of nitrogens with zero attached hydrogens (tertiary/aromatic N) is 2. The summed E-state index contributed by atoms with van der Waals surface area (Å²) >= 11 is 12.6. The maximum Gasteiger partial charge on any atom is 0.337 e. The van der Waals surface area contributed by atoms with Gasteiger partial charge in [0.2, 0.25) is 0 Å². The molecular weight excluding hydrogens is 555 g/mol. The Hall–Kier alpha value is -4.32. The van der Waals surface area contributed by atoms with Gasteiger partial charge in [-0.25, -0.2) is 9.78 Å². The van der Waals surface area contributed by atoms with Crippen LogP contribution in [0.5, 0.6) is 5.75 Å². The second-order valence-electron chi connectivity index (χ2n) is 9.29. The summed E-state index contributed by atoms with van der Waals surface area (Å²) in [5.74, 6) is 1.16. The SMILES string of the molecule is CCn1cc(-c2ccc(Cl)cc2Cl)nc1/C=C/c1c(OCc2ccc(C(=O)OC)cc2)cccc1-c1ccccc1. The van der Waals surface area contributed by atoms with Gasteiger partial charge in [0.15, 0.2) is 0 Å². The lowest BCUT2D eigenvalue weighted by Crippen LogP contribution is -2.02. The molecule has 0 fully saturated rings. The number of hydrogen-bond donors (Lipinski definition) is 0.